The SMILES string of the molecule is CCCCCCCC/C=C\CCCCCCCCCCC(O)(O)OCCCCCCCC/C=C\CCCCCCCC. The molecule has 0 aliphatic heterocycles. The van der Waals surface area contributed by atoms with E-state index in [4.69, 9.17) is 4.74 Å². The minimum atomic E-state index is -1.94. The second-order valence-electron chi connectivity index (χ2n) is 12.9. The van der Waals surface area contributed by atoms with Crippen molar-refractivity contribution in [1.29, 1.82) is 0 Å². The lowest BCUT2D eigenvalue weighted by molar-refractivity contribution is -0.341. The van der Waals surface area contributed by atoms with Gasteiger partial charge in [0.25, 0.3) is 5.97 Å². The molecule has 0 amide bonds. The predicted molar refractivity (Wildman–Crippen MR) is 186 cm³/mol. The van der Waals surface area contributed by atoms with E-state index in [0.29, 0.717) is 13.0 Å². The van der Waals surface area contributed by atoms with E-state index in [1.54, 1.807) is 0 Å². The fourth-order valence-electron chi connectivity index (χ4n) is 5.61. The van der Waals surface area contributed by atoms with Crippen molar-refractivity contribution in [2.45, 2.75) is 219 Å². The first-order chi connectivity index (χ1) is 20.6. The third-order valence-corrected chi connectivity index (χ3v) is 8.50. The van der Waals surface area contributed by atoms with Crippen LogP contribution in [0.3, 0.4) is 0 Å². The van der Waals surface area contributed by atoms with E-state index in [9.17, 15) is 10.2 Å². The monoisotopic (exact) mass is 593 g/mol. The van der Waals surface area contributed by atoms with Gasteiger partial charge in [-0.1, -0.05) is 167 Å². The molecule has 0 radical (unpaired) electrons. The number of ether oxygens (including phenoxy) is 1. The summed E-state index contributed by atoms with van der Waals surface area (Å²) < 4.78 is 5.38. The van der Waals surface area contributed by atoms with Gasteiger partial charge in [-0.05, 0) is 64.2 Å². The molecule has 0 atom stereocenters. The molecule has 0 aromatic carbocycles. The Morgan fingerprint density at radius 3 is 1.02 bits per heavy atom. The van der Waals surface area contributed by atoms with Gasteiger partial charge in [0.2, 0.25) is 0 Å². The summed E-state index contributed by atoms with van der Waals surface area (Å²) in [7, 11) is 0. The van der Waals surface area contributed by atoms with Gasteiger partial charge in [-0.25, -0.2) is 0 Å². The van der Waals surface area contributed by atoms with Crippen molar-refractivity contribution in [1.82, 2.24) is 0 Å². The summed E-state index contributed by atoms with van der Waals surface area (Å²) in [6.45, 7) is 5.00. The lowest BCUT2D eigenvalue weighted by atomic mass is 10.1. The third kappa shape index (κ3) is 35.6. The highest BCUT2D eigenvalue weighted by Crippen LogP contribution is 2.17. The molecule has 3 nitrogen and oxygen atoms in total. The third-order valence-electron chi connectivity index (χ3n) is 8.50. The lowest BCUT2D eigenvalue weighted by Crippen LogP contribution is -2.32. The zero-order valence-corrected chi connectivity index (χ0v) is 28.7. The van der Waals surface area contributed by atoms with E-state index in [2.05, 4.69) is 38.2 Å². The van der Waals surface area contributed by atoms with Gasteiger partial charge in [0.1, 0.15) is 0 Å². The molecule has 0 unspecified atom stereocenters. The molecule has 0 saturated carbocycles. The number of aliphatic hydroxyl groups is 2. The fourth-order valence-corrected chi connectivity index (χ4v) is 5.61. The van der Waals surface area contributed by atoms with Crippen molar-refractivity contribution >= 4 is 0 Å². The van der Waals surface area contributed by atoms with Crippen molar-refractivity contribution < 1.29 is 14.9 Å². The first kappa shape index (κ1) is 41.4. The van der Waals surface area contributed by atoms with Gasteiger partial charge >= 0.3 is 0 Å². The number of unbranched alkanes of at least 4 members (excludes halogenated alkanes) is 26. The highest BCUT2D eigenvalue weighted by atomic mass is 16.8. The van der Waals surface area contributed by atoms with Gasteiger partial charge in [0.15, 0.2) is 0 Å². The smallest absolute Gasteiger partial charge is 0.277 e. The summed E-state index contributed by atoms with van der Waals surface area (Å²) in [6, 6.07) is 0. The summed E-state index contributed by atoms with van der Waals surface area (Å²) >= 11 is 0. The summed E-state index contributed by atoms with van der Waals surface area (Å²) in [4.78, 5) is 0. The Kier molecular flexibility index (Phi) is 34.3. The maximum absolute atomic E-state index is 10.1. The molecule has 0 aromatic rings. The van der Waals surface area contributed by atoms with Crippen LogP contribution >= 0.6 is 0 Å². The molecular weight excluding hydrogens is 516 g/mol. The standard InChI is InChI=1S/C39H76O3/c1-3-5-7-9-11-13-15-17-19-21-22-23-25-27-29-31-33-35-37-39(40,41)42-38-36-34-32-30-28-26-24-20-18-16-14-12-10-8-6-4-2/h17-20,40-41H,3-16,21-38H2,1-2H3/b19-17-,20-18-. The Bertz CT molecular complexity index is 554. The van der Waals surface area contributed by atoms with Crippen LogP contribution in [0.2, 0.25) is 0 Å². The maximum Gasteiger partial charge on any atom is 0.277 e. The lowest BCUT2D eigenvalue weighted by Gasteiger charge is -2.21. The molecule has 0 aliphatic rings. The first-order valence-corrected chi connectivity index (χ1v) is 19.0. The van der Waals surface area contributed by atoms with Crippen LogP contribution in [0.4, 0.5) is 0 Å². The van der Waals surface area contributed by atoms with E-state index >= 15 is 0 Å². The average Bonchev–Trinajstić information content (AvgIpc) is 2.98. The second-order valence-corrected chi connectivity index (χ2v) is 12.9. The summed E-state index contributed by atoms with van der Waals surface area (Å²) in [5.41, 5.74) is 0. The van der Waals surface area contributed by atoms with Crippen molar-refractivity contribution in [3.63, 3.8) is 0 Å². The van der Waals surface area contributed by atoms with E-state index in [-0.39, 0.29) is 0 Å². The van der Waals surface area contributed by atoms with Crippen molar-refractivity contribution in [2.75, 3.05) is 6.61 Å². The van der Waals surface area contributed by atoms with Crippen LogP contribution in [0.5, 0.6) is 0 Å². The van der Waals surface area contributed by atoms with Crippen LogP contribution in [-0.4, -0.2) is 22.8 Å². The Labute approximate surface area is 264 Å². The highest BCUT2D eigenvalue weighted by Gasteiger charge is 2.22. The molecule has 0 bridgehead atoms. The van der Waals surface area contributed by atoms with Crippen LogP contribution in [0.25, 0.3) is 0 Å². The molecule has 42 heavy (non-hydrogen) atoms. The average molecular weight is 593 g/mol. The van der Waals surface area contributed by atoms with Crippen LogP contribution in [0, 0.1) is 0 Å². The number of hydrogen-bond acceptors (Lipinski definition) is 3. The van der Waals surface area contributed by atoms with E-state index < -0.39 is 5.97 Å². The quantitative estimate of drug-likeness (QED) is 0.0437. The first-order valence-electron chi connectivity index (χ1n) is 19.0. The Hall–Kier alpha value is -0.640. The van der Waals surface area contributed by atoms with E-state index in [1.165, 1.54) is 167 Å². The van der Waals surface area contributed by atoms with Crippen molar-refractivity contribution in [3.05, 3.63) is 24.3 Å². The minimum Gasteiger partial charge on any atom is -0.343 e. The Balaban J connectivity index is 3.34. The molecule has 3 heteroatoms. The summed E-state index contributed by atoms with van der Waals surface area (Å²) in [6.07, 6.45) is 48.1. The summed E-state index contributed by atoms with van der Waals surface area (Å²) in [5.74, 6) is -1.94. The van der Waals surface area contributed by atoms with Crippen molar-refractivity contribution in [3.8, 4) is 0 Å². The number of allylic oxidation sites excluding steroid dienone is 4. The predicted octanol–water partition coefficient (Wildman–Crippen LogP) is 12.9. The normalized spacial score (nSPS) is 12.4. The number of hydrogen-bond donors (Lipinski definition) is 2. The molecule has 0 rings (SSSR count). The molecule has 0 aliphatic carbocycles. The van der Waals surface area contributed by atoms with Gasteiger partial charge in [0.05, 0.1) is 6.61 Å². The van der Waals surface area contributed by atoms with Gasteiger partial charge < -0.3 is 14.9 Å². The van der Waals surface area contributed by atoms with Gasteiger partial charge in [-0.15, -0.1) is 0 Å². The molecule has 0 saturated heterocycles. The number of rotatable bonds is 35. The molecule has 250 valence electrons. The van der Waals surface area contributed by atoms with Crippen LogP contribution in [-0.2, 0) is 4.74 Å². The summed E-state index contributed by atoms with van der Waals surface area (Å²) in [5, 5.41) is 20.2. The Morgan fingerprint density at radius 1 is 0.381 bits per heavy atom. The zero-order valence-electron chi connectivity index (χ0n) is 28.7. The topological polar surface area (TPSA) is 49.7 Å². The van der Waals surface area contributed by atoms with Gasteiger partial charge in [-0.3, -0.25) is 0 Å². The van der Waals surface area contributed by atoms with Gasteiger partial charge in [0, 0.05) is 6.42 Å². The molecule has 2 N–H and O–H groups in total. The van der Waals surface area contributed by atoms with E-state index in [0.717, 1.165) is 25.7 Å². The molecule has 0 spiro atoms. The largest absolute Gasteiger partial charge is 0.343 e. The highest BCUT2D eigenvalue weighted by molar-refractivity contribution is 4.82. The molecule has 0 aromatic heterocycles. The van der Waals surface area contributed by atoms with Crippen molar-refractivity contribution in [2.24, 2.45) is 0 Å². The van der Waals surface area contributed by atoms with Crippen LogP contribution < -0.4 is 0 Å². The molecular formula is C39H76O3. The fraction of sp³-hybridized carbons (Fsp3) is 0.897. The van der Waals surface area contributed by atoms with Crippen LogP contribution in [0.15, 0.2) is 24.3 Å². The minimum absolute atomic E-state index is 0.324. The molecule has 0 fully saturated rings. The molecule has 0 heterocycles. The van der Waals surface area contributed by atoms with Gasteiger partial charge in [-0.2, -0.15) is 0 Å². The Morgan fingerprint density at radius 2 is 0.667 bits per heavy atom. The zero-order chi connectivity index (χ0) is 30.7. The van der Waals surface area contributed by atoms with Crippen LogP contribution in [0.1, 0.15) is 213 Å². The van der Waals surface area contributed by atoms with E-state index in [1.807, 2.05) is 0 Å². The maximum atomic E-state index is 10.1. The second kappa shape index (κ2) is 34.8.